The van der Waals surface area contributed by atoms with Crippen LogP contribution in [0.25, 0.3) is 6.08 Å². The number of benzene rings is 1. The SMILES string of the molecule is C=Cc1ccccc1CCO[Si](C)(OC)OC. The lowest BCUT2D eigenvalue weighted by Gasteiger charge is -2.22. The van der Waals surface area contributed by atoms with Crippen molar-refractivity contribution in [3.8, 4) is 0 Å². The van der Waals surface area contributed by atoms with Crippen molar-refractivity contribution >= 4 is 14.9 Å². The van der Waals surface area contributed by atoms with Gasteiger partial charge in [0.2, 0.25) is 0 Å². The lowest BCUT2D eigenvalue weighted by atomic mass is 10.1. The largest absolute Gasteiger partial charge is 0.497 e. The number of rotatable bonds is 7. The van der Waals surface area contributed by atoms with Crippen LogP contribution in [0.4, 0.5) is 0 Å². The molecular formula is C13H20O3Si. The van der Waals surface area contributed by atoms with Crippen LogP contribution in [0.15, 0.2) is 30.8 Å². The molecule has 3 nitrogen and oxygen atoms in total. The van der Waals surface area contributed by atoms with E-state index in [0.717, 1.165) is 12.0 Å². The van der Waals surface area contributed by atoms with Gasteiger partial charge in [0.25, 0.3) is 0 Å². The molecule has 0 saturated carbocycles. The van der Waals surface area contributed by atoms with Gasteiger partial charge in [-0.25, -0.2) is 0 Å². The van der Waals surface area contributed by atoms with Crippen LogP contribution in [0.5, 0.6) is 0 Å². The van der Waals surface area contributed by atoms with Gasteiger partial charge in [0.05, 0.1) is 0 Å². The monoisotopic (exact) mass is 252 g/mol. The van der Waals surface area contributed by atoms with Crippen LogP contribution in [0.3, 0.4) is 0 Å². The fourth-order valence-electron chi connectivity index (χ4n) is 1.51. The maximum atomic E-state index is 5.69. The molecule has 0 aliphatic rings. The average Bonchev–Trinajstić information content (AvgIpc) is 2.39. The van der Waals surface area contributed by atoms with Crippen LogP contribution in [0.2, 0.25) is 6.55 Å². The molecule has 0 atom stereocenters. The molecule has 0 unspecified atom stereocenters. The van der Waals surface area contributed by atoms with E-state index >= 15 is 0 Å². The predicted molar refractivity (Wildman–Crippen MR) is 71.8 cm³/mol. The van der Waals surface area contributed by atoms with Crippen molar-refractivity contribution in [3.63, 3.8) is 0 Å². The Morgan fingerprint density at radius 1 is 1.24 bits per heavy atom. The van der Waals surface area contributed by atoms with Gasteiger partial charge in [0.15, 0.2) is 0 Å². The molecule has 1 aromatic rings. The van der Waals surface area contributed by atoms with Gasteiger partial charge in [-0.15, -0.1) is 0 Å². The van der Waals surface area contributed by atoms with Crippen LogP contribution in [-0.4, -0.2) is 29.6 Å². The lowest BCUT2D eigenvalue weighted by molar-refractivity contribution is 0.107. The van der Waals surface area contributed by atoms with Gasteiger partial charge in [-0.05, 0) is 17.5 Å². The quantitative estimate of drug-likeness (QED) is 0.698. The van der Waals surface area contributed by atoms with Gasteiger partial charge in [-0.1, -0.05) is 36.9 Å². The summed E-state index contributed by atoms with van der Waals surface area (Å²) in [5.74, 6) is 0. The Morgan fingerprint density at radius 3 is 2.47 bits per heavy atom. The third-order valence-electron chi connectivity index (χ3n) is 2.75. The normalized spacial score (nSPS) is 11.5. The van der Waals surface area contributed by atoms with E-state index in [0.29, 0.717) is 6.61 Å². The first-order chi connectivity index (χ1) is 8.15. The minimum Gasteiger partial charge on any atom is -0.377 e. The summed E-state index contributed by atoms with van der Waals surface area (Å²) in [5.41, 5.74) is 2.38. The Hall–Kier alpha value is -0.943. The summed E-state index contributed by atoms with van der Waals surface area (Å²) in [5, 5.41) is 0. The third kappa shape index (κ3) is 4.09. The van der Waals surface area contributed by atoms with Gasteiger partial charge in [0, 0.05) is 27.4 Å². The molecule has 0 radical (unpaired) electrons. The van der Waals surface area contributed by atoms with Crippen molar-refractivity contribution in [2.45, 2.75) is 13.0 Å². The van der Waals surface area contributed by atoms with Gasteiger partial charge in [0.1, 0.15) is 0 Å². The minimum absolute atomic E-state index is 0.593. The van der Waals surface area contributed by atoms with Crippen molar-refractivity contribution in [2.24, 2.45) is 0 Å². The molecule has 0 bridgehead atoms. The topological polar surface area (TPSA) is 27.7 Å². The summed E-state index contributed by atoms with van der Waals surface area (Å²) in [7, 11) is 0.832. The van der Waals surface area contributed by atoms with Gasteiger partial charge in [-0.3, -0.25) is 0 Å². The molecule has 0 amide bonds. The Kier molecular flexibility index (Phi) is 5.57. The Balaban J connectivity index is 2.53. The molecule has 94 valence electrons. The molecule has 0 N–H and O–H groups in total. The van der Waals surface area contributed by atoms with E-state index in [-0.39, 0.29) is 0 Å². The van der Waals surface area contributed by atoms with Crippen LogP contribution in [-0.2, 0) is 19.7 Å². The Labute approximate surface area is 104 Å². The molecule has 0 fully saturated rings. The first-order valence-corrected chi connectivity index (χ1v) is 7.82. The summed E-state index contributed by atoms with van der Waals surface area (Å²) in [6.45, 7) is 6.27. The molecule has 0 aromatic heterocycles. The van der Waals surface area contributed by atoms with Crippen molar-refractivity contribution in [1.82, 2.24) is 0 Å². The van der Waals surface area contributed by atoms with Crippen molar-refractivity contribution in [2.75, 3.05) is 20.8 Å². The van der Waals surface area contributed by atoms with E-state index in [1.807, 2.05) is 30.8 Å². The second-order valence-corrected chi connectivity index (χ2v) is 6.60. The van der Waals surface area contributed by atoms with Gasteiger partial charge < -0.3 is 13.3 Å². The van der Waals surface area contributed by atoms with E-state index < -0.39 is 8.80 Å². The number of hydrogen-bond acceptors (Lipinski definition) is 3. The maximum Gasteiger partial charge on any atom is 0.497 e. The zero-order chi connectivity index (χ0) is 12.7. The first-order valence-electron chi connectivity index (χ1n) is 5.60. The molecule has 0 aliphatic heterocycles. The average molecular weight is 252 g/mol. The Bertz CT molecular complexity index is 361. The molecule has 0 spiro atoms. The minimum atomic E-state index is -2.40. The summed E-state index contributed by atoms with van der Waals surface area (Å²) in [4.78, 5) is 0. The highest BCUT2D eigenvalue weighted by molar-refractivity contribution is 6.59. The number of hydrogen-bond donors (Lipinski definition) is 0. The van der Waals surface area contributed by atoms with Crippen molar-refractivity contribution in [3.05, 3.63) is 42.0 Å². The smallest absolute Gasteiger partial charge is 0.377 e. The fraction of sp³-hybridized carbons (Fsp3) is 0.385. The van der Waals surface area contributed by atoms with Gasteiger partial charge in [-0.2, -0.15) is 0 Å². The lowest BCUT2D eigenvalue weighted by Crippen LogP contribution is -2.40. The molecule has 1 aromatic carbocycles. The molecular weight excluding hydrogens is 232 g/mol. The molecule has 17 heavy (non-hydrogen) atoms. The molecule has 0 heterocycles. The molecule has 0 saturated heterocycles. The summed E-state index contributed by atoms with van der Waals surface area (Å²) in [6.07, 6.45) is 2.69. The molecule has 4 heteroatoms. The van der Waals surface area contributed by atoms with Crippen LogP contribution in [0, 0.1) is 0 Å². The summed E-state index contributed by atoms with van der Waals surface area (Å²) >= 11 is 0. The highest BCUT2D eigenvalue weighted by Crippen LogP contribution is 2.12. The Morgan fingerprint density at radius 2 is 1.88 bits per heavy atom. The van der Waals surface area contributed by atoms with E-state index in [1.54, 1.807) is 14.2 Å². The summed E-state index contributed by atoms with van der Waals surface area (Å²) in [6, 6.07) is 8.15. The second kappa shape index (κ2) is 6.71. The predicted octanol–water partition coefficient (Wildman–Crippen LogP) is 2.75. The van der Waals surface area contributed by atoms with Gasteiger partial charge >= 0.3 is 8.80 Å². The van der Waals surface area contributed by atoms with E-state index in [4.69, 9.17) is 13.3 Å². The van der Waals surface area contributed by atoms with E-state index in [2.05, 4.69) is 12.6 Å². The van der Waals surface area contributed by atoms with Crippen LogP contribution >= 0.6 is 0 Å². The van der Waals surface area contributed by atoms with E-state index in [9.17, 15) is 0 Å². The standard InChI is InChI=1S/C13H20O3Si/c1-5-12-8-6-7-9-13(12)10-11-16-17(4,14-2)15-3/h5-9H,1,10-11H2,2-4H3. The zero-order valence-corrected chi connectivity index (χ0v) is 11.7. The highest BCUT2D eigenvalue weighted by Gasteiger charge is 2.31. The van der Waals surface area contributed by atoms with Crippen LogP contribution < -0.4 is 0 Å². The molecule has 1 rings (SSSR count). The first kappa shape index (κ1) is 14.1. The third-order valence-corrected chi connectivity index (χ3v) is 4.96. The highest BCUT2D eigenvalue weighted by atomic mass is 28.4. The van der Waals surface area contributed by atoms with Crippen molar-refractivity contribution in [1.29, 1.82) is 0 Å². The summed E-state index contributed by atoms with van der Waals surface area (Å²) < 4.78 is 16.2. The fourth-order valence-corrected chi connectivity index (χ4v) is 2.38. The van der Waals surface area contributed by atoms with Crippen LogP contribution in [0.1, 0.15) is 11.1 Å². The maximum absolute atomic E-state index is 5.69. The van der Waals surface area contributed by atoms with Crippen molar-refractivity contribution < 1.29 is 13.3 Å². The van der Waals surface area contributed by atoms with E-state index in [1.165, 1.54) is 5.56 Å². The molecule has 0 aliphatic carbocycles. The zero-order valence-electron chi connectivity index (χ0n) is 10.7. The second-order valence-electron chi connectivity index (χ2n) is 3.77.